The van der Waals surface area contributed by atoms with Gasteiger partial charge < -0.3 is 14.2 Å². The van der Waals surface area contributed by atoms with Crippen molar-refractivity contribution in [3.8, 4) is 0 Å². The van der Waals surface area contributed by atoms with Gasteiger partial charge in [-0.25, -0.2) is 9.59 Å². The maximum atomic E-state index is 12.4. The van der Waals surface area contributed by atoms with Gasteiger partial charge in [0.05, 0.1) is 5.56 Å². The van der Waals surface area contributed by atoms with Crippen molar-refractivity contribution in [2.45, 2.75) is 45.2 Å². The minimum atomic E-state index is -1.22. The van der Waals surface area contributed by atoms with Gasteiger partial charge in [-0.05, 0) is 31.5 Å². The van der Waals surface area contributed by atoms with Crippen LogP contribution < -0.4 is 11.2 Å². The van der Waals surface area contributed by atoms with Crippen molar-refractivity contribution in [1.29, 1.82) is 0 Å². The lowest BCUT2D eigenvalue weighted by molar-refractivity contribution is -0.153. The molecule has 2 aromatic rings. The Labute approximate surface area is 181 Å². The second-order valence-electron chi connectivity index (χ2n) is 7.28. The third kappa shape index (κ3) is 4.88. The number of nitrogens with zero attached hydrogens (tertiary/aromatic N) is 4. The fraction of sp³-hybridized carbons (Fsp3) is 0.400. The van der Waals surface area contributed by atoms with E-state index >= 15 is 0 Å². The summed E-state index contributed by atoms with van der Waals surface area (Å²) in [5.41, 5.74) is 9.12. The summed E-state index contributed by atoms with van der Waals surface area (Å²) < 4.78 is 17.5. The summed E-state index contributed by atoms with van der Waals surface area (Å²) in [6, 6.07) is 5.61. The summed E-state index contributed by atoms with van der Waals surface area (Å²) in [5, 5.41) is 3.65. The van der Waals surface area contributed by atoms with Crippen LogP contribution in [0.5, 0.6) is 0 Å². The van der Waals surface area contributed by atoms with E-state index in [1.165, 1.54) is 13.1 Å². The highest BCUT2D eigenvalue weighted by molar-refractivity contribution is 5.89. The van der Waals surface area contributed by atoms with Crippen LogP contribution in [0.4, 0.5) is 0 Å². The molecular formula is C20H21N5O7. The number of benzene rings is 1. The number of hydrogen-bond donors (Lipinski definition) is 1. The van der Waals surface area contributed by atoms with Gasteiger partial charge in [0.15, 0.2) is 12.3 Å². The number of nitrogens with one attached hydrogen (secondary N) is 1. The molecule has 1 aliphatic heterocycles. The van der Waals surface area contributed by atoms with Gasteiger partial charge in [-0.2, -0.15) is 0 Å². The number of ether oxygens (including phenoxy) is 3. The second kappa shape index (κ2) is 9.50. The molecule has 0 bridgehead atoms. The Hall–Kier alpha value is -3.89. The van der Waals surface area contributed by atoms with Gasteiger partial charge in [-0.3, -0.25) is 19.1 Å². The third-order valence-electron chi connectivity index (χ3n) is 4.89. The highest BCUT2D eigenvalue weighted by atomic mass is 16.6. The van der Waals surface area contributed by atoms with Crippen LogP contribution >= 0.6 is 0 Å². The van der Waals surface area contributed by atoms with E-state index in [1.54, 1.807) is 24.3 Å². The SMILES string of the molecule is CC(=O)O[C@@H]1C(N=[N+]=[N-])[C@@H](COC(=O)c2ccc(C)cc2)O[C@H]1n1cc(C)c(=O)[nH]c1=O. The Morgan fingerprint density at radius 3 is 2.56 bits per heavy atom. The zero-order chi connectivity index (χ0) is 23.4. The average molecular weight is 443 g/mol. The molecule has 1 aromatic carbocycles. The number of aryl methyl sites for hydroxylation is 2. The Balaban J connectivity index is 1.89. The molecule has 1 fully saturated rings. The first-order chi connectivity index (χ1) is 15.2. The Morgan fingerprint density at radius 1 is 1.25 bits per heavy atom. The number of H-pyrrole nitrogens is 1. The summed E-state index contributed by atoms with van der Waals surface area (Å²) in [7, 11) is 0. The maximum Gasteiger partial charge on any atom is 0.338 e. The van der Waals surface area contributed by atoms with Crippen LogP contribution in [0.15, 0.2) is 45.2 Å². The van der Waals surface area contributed by atoms with Gasteiger partial charge in [-0.15, -0.1) is 0 Å². The predicted molar refractivity (Wildman–Crippen MR) is 110 cm³/mol. The highest BCUT2D eigenvalue weighted by Gasteiger charge is 2.48. The van der Waals surface area contributed by atoms with Crippen molar-refractivity contribution in [3.63, 3.8) is 0 Å². The summed E-state index contributed by atoms with van der Waals surface area (Å²) in [6.45, 7) is 4.18. The van der Waals surface area contributed by atoms with Gasteiger partial charge in [0.1, 0.15) is 18.8 Å². The number of aromatic nitrogens is 2. The van der Waals surface area contributed by atoms with Crippen LogP contribution in [0.2, 0.25) is 0 Å². The van der Waals surface area contributed by atoms with Crippen LogP contribution in [0, 0.1) is 13.8 Å². The molecule has 0 aliphatic carbocycles. The van der Waals surface area contributed by atoms with E-state index in [0.29, 0.717) is 5.56 Å². The fourth-order valence-electron chi connectivity index (χ4n) is 3.30. The first-order valence-electron chi connectivity index (χ1n) is 9.64. The molecule has 0 radical (unpaired) electrons. The van der Waals surface area contributed by atoms with Crippen molar-refractivity contribution in [2.75, 3.05) is 6.61 Å². The Bertz CT molecular complexity index is 1180. The fourth-order valence-corrected chi connectivity index (χ4v) is 3.30. The topological polar surface area (TPSA) is 165 Å². The van der Waals surface area contributed by atoms with Crippen molar-refractivity contribution < 1.29 is 23.8 Å². The molecule has 0 saturated carbocycles. The molecule has 168 valence electrons. The Kier molecular flexibility index (Phi) is 6.76. The van der Waals surface area contributed by atoms with Gasteiger partial charge in [-0.1, -0.05) is 22.8 Å². The van der Waals surface area contributed by atoms with Crippen molar-refractivity contribution in [2.24, 2.45) is 5.11 Å². The quantitative estimate of drug-likeness (QED) is 0.306. The second-order valence-corrected chi connectivity index (χ2v) is 7.28. The molecule has 2 heterocycles. The third-order valence-corrected chi connectivity index (χ3v) is 4.89. The Morgan fingerprint density at radius 2 is 1.94 bits per heavy atom. The van der Waals surface area contributed by atoms with E-state index in [9.17, 15) is 19.2 Å². The van der Waals surface area contributed by atoms with Gasteiger partial charge in [0.25, 0.3) is 5.56 Å². The molecule has 1 aromatic heterocycles. The molecule has 4 atom stereocenters. The molecular weight excluding hydrogens is 422 g/mol. The summed E-state index contributed by atoms with van der Waals surface area (Å²) in [4.78, 5) is 53.0. The molecule has 1 unspecified atom stereocenters. The number of hydrogen-bond acceptors (Lipinski definition) is 8. The summed E-state index contributed by atoms with van der Waals surface area (Å²) in [6.07, 6.45) is -2.19. The minimum Gasteiger partial charge on any atom is -0.459 e. The summed E-state index contributed by atoms with van der Waals surface area (Å²) in [5.74, 6) is -1.33. The molecule has 0 amide bonds. The number of carbonyl (C=O) groups excluding carboxylic acids is 2. The molecule has 1 N–H and O–H groups in total. The monoisotopic (exact) mass is 443 g/mol. The normalized spacial score (nSPS) is 22.1. The lowest BCUT2D eigenvalue weighted by Gasteiger charge is -2.22. The van der Waals surface area contributed by atoms with E-state index < -0.39 is 47.7 Å². The smallest absolute Gasteiger partial charge is 0.338 e. The van der Waals surface area contributed by atoms with Crippen molar-refractivity contribution in [3.05, 3.63) is 78.4 Å². The van der Waals surface area contributed by atoms with E-state index in [1.807, 2.05) is 6.92 Å². The standard InChI is InChI=1S/C20H21N5O7/c1-10-4-6-13(7-5-10)19(28)30-9-14-15(23-24-21)16(31-12(3)26)18(32-14)25-8-11(2)17(27)22-20(25)29/h4-8,14-16,18H,9H2,1-3H3,(H,22,27,29)/t14-,15?,16-,18-/m1/s1. The zero-order valence-corrected chi connectivity index (χ0v) is 17.5. The van der Waals surface area contributed by atoms with Crippen LogP contribution in [0.25, 0.3) is 10.4 Å². The minimum absolute atomic E-state index is 0.212. The van der Waals surface area contributed by atoms with Crippen molar-refractivity contribution in [1.82, 2.24) is 9.55 Å². The molecule has 1 aliphatic rings. The van der Waals surface area contributed by atoms with Gasteiger partial charge >= 0.3 is 17.6 Å². The van der Waals surface area contributed by atoms with E-state index in [0.717, 1.165) is 17.1 Å². The van der Waals surface area contributed by atoms with Crippen LogP contribution in [-0.4, -0.2) is 46.3 Å². The van der Waals surface area contributed by atoms with E-state index in [2.05, 4.69) is 15.0 Å². The molecule has 12 nitrogen and oxygen atoms in total. The van der Waals surface area contributed by atoms with Crippen LogP contribution in [0.3, 0.4) is 0 Å². The van der Waals surface area contributed by atoms with Crippen LogP contribution in [-0.2, 0) is 19.0 Å². The van der Waals surface area contributed by atoms with Crippen LogP contribution in [0.1, 0.15) is 34.6 Å². The van der Waals surface area contributed by atoms with E-state index in [-0.39, 0.29) is 12.2 Å². The number of rotatable bonds is 6. The highest BCUT2D eigenvalue weighted by Crippen LogP contribution is 2.33. The lowest BCUT2D eigenvalue weighted by Crippen LogP contribution is -2.40. The number of esters is 2. The molecule has 32 heavy (non-hydrogen) atoms. The molecule has 1 saturated heterocycles. The van der Waals surface area contributed by atoms with E-state index in [4.69, 9.17) is 19.7 Å². The largest absolute Gasteiger partial charge is 0.459 e. The lowest BCUT2D eigenvalue weighted by atomic mass is 10.1. The number of aromatic amines is 1. The number of azide groups is 1. The van der Waals surface area contributed by atoms with Gasteiger partial charge in [0.2, 0.25) is 0 Å². The molecule has 0 spiro atoms. The first-order valence-corrected chi connectivity index (χ1v) is 9.64. The van der Waals surface area contributed by atoms with Crippen molar-refractivity contribution >= 4 is 11.9 Å². The zero-order valence-electron chi connectivity index (χ0n) is 17.5. The maximum absolute atomic E-state index is 12.4. The molecule has 12 heteroatoms. The molecule has 3 rings (SSSR count). The van der Waals surface area contributed by atoms with Gasteiger partial charge in [0, 0.05) is 23.6 Å². The average Bonchev–Trinajstić information content (AvgIpc) is 3.06. The first kappa shape index (κ1) is 22.8. The summed E-state index contributed by atoms with van der Waals surface area (Å²) >= 11 is 0. The predicted octanol–water partition coefficient (Wildman–Crippen LogP) is 1.52. The number of carbonyl (C=O) groups is 2.